The van der Waals surface area contributed by atoms with Gasteiger partial charge in [0.25, 0.3) is 0 Å². The molecule has 2 fully saturated rings. The van der Waals surface area contributed by atoms with Crippen LogP contribution in [0, 0.1) is 24.2 Å². The molecule has 270 valence electrons. The molecule has 1 saturated heterocycles. The van der Waals surface area contributed by atoms with Gasteiger partial charge < -0.3 is 19.8 Å². The Hall–Kier alpha value is -3.27. The molecule has 1 N–H and O–H groups in total. The number of likely N-dealkylation sites (tertiary alicyclic amines) is 1. The maximum Gasteiger partial charge on any atom is 0.246 e. The van der Waals surface area contributed by atoms with Crippen LogP contribution in [0.2, 0.25) is 5.02 Å². The molecule has 1 aromatic carbocycles. The number of oxime groups is 1. The second-order valence-corrected chi connectivity index (χ2v) is 15.8. The van der Waals surface area contributed by atoms with Gasteiger partial charge in [0, 0.05) is 43.6 Å². The van der Waals surface area contributed by atoms with Crippen LogP contribution in [0.5, 0.6) is 5.75 Å². The first-order chi connectivity index (χ1) is 23.1. The SMILES string of the molecule is CCC[C@H](CC(=O)[C@@H]1C[C@]2(CC(c3cc(Cl)c(OC)cc3C)=NO2)CN1C(=O)[C@@H](NC(=O)CC1CCCCC1)C(C)(C)C)C(=O)C(=O)CC. The normalized spacial score (nSPS) is 22.3. The first-order valence-corrected chi connectivity index (χ1v) is 18.3. The summed E-state index contributed by atoms with van der Waals surface area (Å²) in [5.74, 6) is -1.80. The average molecular weight is 700 g/mol. The number of methoxy groups -OCH3 is 1. The largest absolute Gasteiger partial charge is 0.495 e. The van der Waals surface area contributed by atoms with Gasteiger partial charge in [0.2, 0.25) is 17.6 Å². The molecule has 49 heavy (non-hydrogen) atoms. The van der Waals surface area contributed by atoms with Crippen LogP contribution in [0.15, 0.2) is 17.3 Å². The molecular weight excluding hydrogens is 646 g/mol. The zero-order valence-corrected chi connectivity index (χ0v) is 31.0. The molecule has 0 aromatic heterocycles. The van der Waals surface area contributed by atoms with Crippen molar-refractivity contribution in [3.63, 3.8) is 0 Å². The summed E-state index contributed by atoms with van der Waals surface area (Å²) in [6.45, 7) is 11.2. The monoisotopic (exact) mass is 699 g/mol. The lowest BCUT2D eigenvalue weighted by atomic mass is 9.83. The van der Waals surface area contributed by atoms with Gasteiger partial charge in [-0.25, -0.2) is 0 Å². The van der Waals surface area contributed by atoms with Crippen LogP contribution in [0.1, 0.15) is 123 Å². The highest BCUT2D eigenvalue weighted by atomic mass is 35.5. The Kier molecular flexibility index (Phi) is 12.7. The van der Waals surface area contributed by atoms with Crippen molar-refractivity contribution in [3.8, 4) is 5.75 Å². The summed E-state index contributed by atoms with van der Waals surface area (Å²) < 4.78 is 5.37. The van der Waals surface area contributed by atoms with E-state index < -0.39 is 40.6 Å². The number of halogens is 1. The highest BCUT2D eigenvalue weighted by Gasteiger charge is 2.55. The second kappa shape index (κ2) is 16.2. The summed E-state index contributed by atoms with van der Waals surface area (Å²) in [5, 5.41) is 7.91. The number of nitrogens with zero attached hydrogens (tertiary/aromatic N) is 2. The van der Waals surface area contributed by atoms with E-state index in [2.05, 4.69) is 10.5 Å². The third-order valence-corrected chi connectivity index (χ3v) is 10.7. The number of benzene rings is 1. The molecular formula is C38H54ClN3O7. The van der Waals surface area contributed by atoms with Gasteiger partial charge >= 0.3 is 0 Å². The molecule has 0 unspecified atom stereocenters. The Labute approximate surface area is 296 Å². The van der Waals surface area contributed by atoms with Gasteiger partial charge in [-0.1, -0.05) is 77.1 Å². The molecule has 1 spiro atoms. The van der Waals surface area contributed by atoms with Crippen molar-refractivity contribution in [1.82, 2.24) is 10.2 Å². The highest BCUT2D eigenvalue weighted by Crippen LogP contribution is 2.42. The molecule has 1 aliphatic carbocycles. The number of carbonyl (C=O) groups excluding carboxylic acids is 5. The van der Waals surface area contributed by atoms with E-state index in [1.54, 1.807) is 20.1 Å². The summed E-state index contributed by atoms with van der Waals surface area (Å²) >= 11 is 6.47. The molecule has 2 heterocycles. The lowest BCUT2D eigenvalue weighted by Gasteiger charge is -2.36. The fourth-order valence-electron chi connectivity index (χ4n) is 7.59. The van der Waals surface area contributed by atoms with Crippen molar-refractivity contribution in [2.24, 2.45) is 22.4 Å². The molecule has 4 rings (SSSR count). The molecule has 11 heteroatoms. The maximum atomic E-state index is 14.6. The average Bonchev–Trinajstić information content (AvgIpc) is 3.66. The van der Waals surface area contributed by atoms with E-state index in [4.69, 9.17) is 21.2 Å². The number of rotatable bonds is 14. The quantitative estimate of drug-likeness (QED) is 0.218. The molecule has 10 nitrogen and oxygen atoms in total. The van der Waals surface area contributed by atoms with Crippen molar-refractivity contribution < 1.29 is 33.5 Å². The number of carbonyl (C=O) groups is 5. The number of aryl methyl sites for hydroxylation is 1. The molecule has 0 bridgehead atoms. The zero-order chi connectivity index (χ0) is 36.1. The Morgan fingerprint density at radius 1 is 1.12 bits per heavy atom. The summed E-state index contributed by atoms with van der Waals surface area (Å²) in [7, 11) is 1.55. The molecule has 0 radical (unpaired) electrons. The number of hydrogen-bond acceptors (Lipinski definition) is 8. The first-order valence-electron chi connectivity index (χ1n) is 17.9. The summed E-state index contributed by atoms with van der Waals surface area (Å²) in [5.41, 5.74) is 0.649. The summed E-state index contributed by atoms with van der Waals surface area (Å²) in [4.78, 5) is 75.3. The Bertz CT molecular complexity index is 1460. The van der Waals surface area contributed by atoms with Crippen LogP contribution in [0.4, 0.5) is 0 Å². The van der Waals surface area contributed by atoms with Gasteiger partial charge in [-0.05, 0) is 55.2 Å². The first kappa shape index (κ1) is 38.5. The minimum absolute atomic E-state index is 0.0704. The maximum absolute atomic E-state index is 14.6. The summed E-state index contributed by atoms with van der Waals surface area (Å²) in [6, 6.07) is 1.79. The van der Waals surface area contributed by atoms with E-state index in [1.165, 1.54) is 11.3 Å². The van der Waals surface area contributed by atoms with Crippen LogP contribution in [0.25, 0.3) is 0 Å². The van der Waals surface area contributed by atoms with Crippen molar-refractivity contribution in [2.75, 3.05) is 13.7 Å². The molecule has 4 atom stereocenters. The van der Waals surface area contributed by atoms with Gasteiger partial charge in [-0.3, -0.25) is 24.0 Å². The number of nitrogens with one attached hydrogen (secondary N) is 1. The van der Waals surface area contributed by atoms with Gasteiger partial charge in [-0.15, -0.1) is 0 Å². The predicted octanol–water partition coefficient (Wildman–Crippen LogP) is 6.55. The van der Waals surface area contributed by atoms with E-state index in [1.807, 2.05) is 40.7 Å². The van der Waals surface area contributed by atoms with Crippen LogP contribution >= 0.6 is 11.6 Å². The smallest absolute Gasteiger partial charge is 0.246 e. The Balaban J connectivity index is 1.63. The molecule has 1 saturated carbocycles. The topological polar surface area (TPSA) is 131 Å². The fourth-order valence-corrected chi connectivity index (χ4v) is 7.83. The minimum atomic E-state index is -0.998. The second-order valence-electron chi connectivity index (χ2n) is 15.3. The van der Waals surface area contributed by atoms with E-state index in [0.29, 0.717) is 48.1 Å². The molecule has 2 aliphatic heterocycles. The fraction of sp³-hybridized carbons (Fsp3) is 0.684. The molecule has 3 aliphatic rings. The van der Waals surface area contributed by atoms with Gasteiger partial charge in [0.1, 0.15) is 11.8 Å². The van der Waals surface area contributed by atoms with Gasteiger partial charge in [0.15, 0.2) is 17.2 Å². The minimum Gasteiger partial charge on any atom is -0.495 e. The lowest BCUT2D eigenvalue weighted by molar-refractivity contribution is -0.145. The standard InChI is InChI=1S/C38H54ClN3O7/c1-8-13-25(34(46)30(43)9-2)18-31(44)29-21-38(20-28(41-49-38)26-19-27(39)32(48-7)16-23(26)3)22-42(29)36(47)35(37(4,5)6)40-33(45)17-24-14-11-10-12-15-24/h16,19,24-25,29,35H,8-15,17-18,20-22H2,1-7H3,(H,40,45)/t25-,29+,35-,38-/m1/s1. The number of hydrogen-bond donors (Lipinski definition) is 1. The Morgan fingerprint density at radius 3 is 2.43 bits per heavy atom. The number of ether oxygens (including phenoxy) is 1. The third-order valence-electron chi connectivity index (χ3n) is 10.4. The summed E-state index contributed by atoms with van der Waals surface area (Å²) in [6.07, 6.45) is 7.19. The van der Waals surface area contributed by atoms with E-state index in [9.17, 15) is 24.0 Å². The number of amides is 2. The highest BCUT2D eigenvalue weighted by molar-refractivity contribution is 6.38. The predicted molar refractivity (Wildman–Crippen MR) is 189 cm³/mol. The molecule has 2 amide bonds. The molecule has 1 aromatic rings. The van der Waals surface area contributed by atoms with Crippen molar-refractivity contribution in [1.29, 1.82) is 0 Å². The van der Waals surface area contributed by atoms with E-state index >= 15 is 0 Å². The third kappa shape index (κ3) is 9.10. The van der Waals surface area contributed by atoms with Crippen molar-refractivity contribution in [2.45, 2.75) is 136 Å². The van der Waals surface area contributed by atoms with Gasteiger partial charge in [-0.2, -0.15) is 0 Å². The van der Waals surface area contributed by atoms with E-state index in [0.717, 1.165) is 36.8 Å². The number of Topliss-reactive ketones (excluding diaryl/α,β-unsaturated/α-hetero) is 3. The van der Waals surface area contributed by atoms with E-state index in [-0.39, 0.29) is 43.4 Å². The van der Waals surface area contributed by atoms with Crippen LogP contribution in [0.3, 0.4) is 0 Å². The van der Waals surface area contributed by atoms with Crippen LogP contribution in [-0.4, -0.2) is 71.1 Å². The van der Waals surface area contributed by atoms with Gasteiger partial charge in [0.05, 0.1) is 30.4 Å². The van der Waals surface area contributed by atoms with Crippen LogP contribution < -0.4 is 10.1 Å². The van der Waals surface area contributed by atoms with Crippen molar-refractivity contribution in [3.05, 3.63) is 28.3 Å². The number of ketones is 3. The zero-order valence-electron chi connectivity index (χ0n) is 30.3. The Morgan fingerprint density at radius 2 is 1.82 bits per heavy atom. The van der Waals surface area contributed by atoms with Crippen LogP contribution in [-0.2, 0) is 28.8 Å². The lowest BCUT2D eigenvalue weighted by Crippen LogP contribution is -2.57. The van der Waals surface area contributed by atoms with Crippen molar-refractivity contribution >= 4 is 46.5 Å².